The van der Waals surface area contributed by atoms with Crippen LogP contribution in [0.25, 0.3) is 0 Å². The first-order valence-electron chi connectivity index (χ1n) is 5.59. The first-order chi connectivity index (χ1) is 8.13. The molecule has 0 fully saturated rings. The third kappa shape index (κ3) is 2.26. The molecule has 1 unspecified atom stereocenters. The third-order valence-electron chi connectivity index (χ3n) is 2.91. The molecule has 17 heavy (non-hydrogen) atoms. The van der Waals surface area contributed by atoms with E-state index in [0.29, 0.717) is 5.02 Å². The predicted molar refractivity (Wildman–Crippen MR) is 70.4 cm³/mol. The molecule has 1 aliphatic rings. The molecule has 1 atom stereocenters. The molecule has 1 aliphatic heterocycles. The van der Waals surface area contributed by atoms with Gasteiger partial charge in [-0.15, -0.1) is 0 Å². The number of hydrogen-bond acceptors (Lipinski definition) is 2. The lowest BCUT2D eigenvalue weighted by atomic mass is 10.0. The molecule has 1 aromatic rings. The minimum atomic E-state index is -0.0149. The average molecular weight is 251 g/mol. The van der Waals surface area contributed by atoms with E-state index in [1.807, 2.05) is 24.3 Å². The maximum absolute atomic E-state index is 7.50. The van der Waals surface area contributed by atoms with Gasteiger partial charge in [0.15, 0.2) is 0 Å². The highest BCUT2D eigenvalue weighted by Gasteiger charge is 2.28. The maximum Gasteiger partial charge on any atom is 0.209 e. The van der Waals surface area contributed by atoms with Crippen LogP contribution in [0.1, 0.15) is 25.3 Å². The molecule has 0 saturated heterocycles. The number of guanidine groups is 1. The van der Waals surface area contributed by atoms with Crippen LogP contribution in [0.3, 0.4) is 0 Å². The second kappa shape index (κ2) is 4.75. The second-order valence-corrected chi connectivity index (χ2v) is 4.43. The summed E-state index contributed by atoms with van der Waals surface area (Å²) in [6, 6.07) is 7.77. The summed E-state index contributed by atoms with van der Waals surface area (Å²) < 4.78 is 0. The van der Waals surface area contributed by atoms with Gasteiger partial charge in [-0.25, -0.2) is 5.01 Å². The Hall–Kier alpha value is -1.55. The van der Waals surface area contributed by atoms with E-state index in [2.05, 4.69) is 12.0 Å². The minimum absolute atomic E-state index is 0.0149. The zero-order valence-corrected chi connectivity index (χ0v) is 10.4. The Morgan fingerprint density at radius 3 is 2.82 bits per heavy atom. The van der Waals surface area contributed by atoms with E-state index in [1.54, 1.807) is 5.01 Å². The van der Waals surface area contributed by atoms with Gasteiger partial charge in [-0.2, -0.15) is 5.10 Å². The molecule has 3 N–H and O–H groups in total. The number of halogens is 1. The average Bonchev–Trinajstić information content (AvgIpc) is 2.73. The second-order valence-electron chi connectivity index (χ2n) is 4.02. The molecule has 0 saturated carbocycles. The van der Waals surface area contributed by atoms with Gasteiger partial charge in [0.25, 0.3) is 0 Å². The summed E-state index contributed by atoms with van der Waals surface area (Å²) in [6.45, 7) is 2.06. The zero-order chi connectivity index (χ0) is 12.4. The van der Waals surface area contributed by atoms with Crippen molar-refractivity contribution in [3.63, 3.8) is 0 Å². The predicted octanol–water partition coefficient (Wildman–Crippen LogP) is 2.42. The third-order valence-corrected chi connectivity index (χ3v) is 3.24. The number of rotatable bonds is 2. The number of nitrogens with one attached hydrogen (secondary N) is 1. The van der Waals surface area contributed by atoms with Crippen LogP contribution in [0.15, 0.2) is 29.4 Å². The van der Waals surface area contributed by atoms with Crippen LogP contribution in [0.5, 0.6) is 0 Å². The highest BCUT2D eigenvalue weighted by atomic mass is 35.5. The Labute approximate surface area is 106 Å². The SMILES string of the molecule is CCC1CC(c2ccccc2Cl)=NN1C(=N)N. The Morgan fingerprint density at radius 1 is 1.59 bits per heavy atom. The van der Waals surface area contributed by atoms with Gasteiger partial charge in [0, 0.05) is 17.0 Å². The number of benzene rings is 1. The van der Waals surface area contributed by atoms with Crippen LogP contribution >= 0.6 is 11.6 Å². The quantitative estimate of drug-likeness (QED) is 0.625. The molecule has 2 rings (SSSR count). The molecule has 0 spiro atoms. The van der Waals surface area contributed by atoms with Crippen LogP contribution in [0.2, 0.25) is 5.02 Å². The van der Waals surface area contributed by atoms with E-state index in [4.69, 9.17) is 22.7 Å². The van der Waals surface area contributed by atoms with Crippen molar-refractivity contribution in [3.8, 4) is 0 Å². The molecule has 1 heterocycles. The monoisotopic (exact) mass is 250 g/mol. The summed E-state index contributed by atoms with van der Waals surface area (Å²) >= 11 is 6.14. The molecule has 0 amide bonds. The van der Waals surface area contributed by atoms with Crippen LogP contribution in [-0.4, -0.2) is 22.7 Å². The fourth-order valence-corrected chi connectivity index (χ4v) is 2.23. The Morgan fingerprint density at radius 2 is 2.29 bits per heavy atom. The van der Waals surface area contributed by atoms with Crippen molar-refractivity contribution in [1.82, 2.24) is 5.01 Å². The first-order valence-corrected chi connectivity index (χ1v) is 5.97. The van der Waals surface area contributed by atoms with Gasteiger partial charge in [-0.3, -0.25) is 5.41 Å². The van der Waals surface area contributed by atoms with E-state index in [-0.39, 0.29) is 12.0 Å². The fraction of sp³-hybridized carbons (Fsp3) is 0.333. The van der Waals surface area contributed by atoms with Gasteiger partial charge in [0.1, 0.15) is 0 Å². The van der Waals surface area contributed by atoms with E-state index in [9.17, 15) is 0 Å². The number of hydrogen-bond donors (Lipinski definition) is 2. The summed E-state index contributed by atoms with van der Waals surface area (Å²) in [4.78, 5) is 0. The molecular formula is C12H15ClN4. The standard InChI is InChI=1S/C12H15ClN4/c1-2-8-7-11(16-17(8)12(14)15)9-5-3-4-6-10(9)13/h3-6,8H,2,7H2,1H3,(H3,14,15). The van der Waals surface area contributed by atoms with E-state index < -0.39 is 0 Å². The lowest BCUT2D eigenvalue weighted by molar-refractivity contribution is 0.346. The molecular weight excluding hydrogens is 236 g/mol. The summed E-state index contributed by atoms with van der Waals surface area (Å²) in [7, 11) is 0. The van der Waals surface area contributed by atoms with Crippen molar-refractivity contribution in [2.75, 3.05) is 0 Å². The highest BCUT2D eigenvalue weighted by Crippen LogP contribution is 2.25. The van der Waals surface area contributed by atoms with Crippen molar-refractivity contribution in [2.45, 2.75) is 25.8 Å². The maximum atomic E-state index is 7.50. The topological polar surface area (TPSA) is 65.5 Å². The molecule has 5 heteroatoms. The van der Waals surface area contributed by atoms with Crippen LogP contribution in [0.4, 0.5) is 0 Å². The largest absolute Gasteiger partial charge is 0.369 e. The van der Waals surface area contributed by atoms with Crippen LogP contribution in [0, 0.1) is 5.41 Å². The van der Waals surface area contributed by atoms with Gasteiger partial charge >= 0.3 is 0 Å². The van der Waals surface area contributed by atoms with E-state index in [0.717, 1.165) is 24.1 Å². The summed E-state index contributed by atoms with van der Waals surface area (Å²) in [6.07, 6.45) is 1.68. The van der Waals surface area contributed by atoms with Crippen molar-refractivity contribution >= 4 is 23.3 Å². The smallest absolute Gasteiger partial charge is 0.209 e. The van der Waals surface area contributed by atoms with Gasteiger partial charge in [0.2, 0.25) is 5.96 Å². The van der Waals surface area contributed by atoms with E-state index >= 15 is 0 Å². The molecule has 0 aliphatic carbocycles. The van der Waals surface area contributed by atoms with Gasteiger partial charge in [0.05, 0.1) is 11.8 Å². The number of nitrogens with zero attached hydrogens (tertiary/aromatic N) is 2. The normalized spacial score (nSPS) is 19.3. The van der Waals surface area contributed by atoms with Crippen molar-refractivity contribution in [3.05, 3.63) is 34.9 Å². The Balaban J connectivity index is 2.33. The molecule has 4 nitrogen and oxygen atoms in total. The molecule has 1 aromatic carbocycles. The molecule has 0 radical (unpaired) electrons. The first kappa shape index (κ1) is 11.9. The number of nitrogens with two attached hydrogens (primary N) is 1. The van der Waals surface area contributed by atoms with Gasteiger partial charge in [-0.1, -0.05) is 36.7 Å². The molecule has 0 bridgehead atoms. The lowest BCUT2D eigenvalue weighted by Crippen LogP contribution is -2.36. The molecule has 0 aromatic heterocycles. The van der Waals surface area contributed by atoms with Gasteiger partial charge in [-0.05, 0) is 12.5 Å². The van der Waals surface area contributed by atoms with Crippen LogP contribution in [-0.2, 0) is 0 Å². The molecule has 90 valence electrons. The number of hydrazone groups is 1. The summed E-state index contributed by atoms with van der Waals surface area (Å²) in [5.41, 5.74) is 7.34. The summed E-state index contributed by atoms with van der Waals surface area (Å²) in [5.74, 6) is -0.0149. The highest BCUT2D eigenvalue weighted by molar-refractivity contribution is 6.34. The Kier molecular flexibility index (Phi) is 3.33. The lowest BCUT2D eigenvalue weighted by Gasteiger charge is -2.19. The van der Waals surface area contributed by atoms with Crippen molar-refractivity contribution < 1.29 is 0 Å². The Bertz CT molecular complexity index is 469. The van der Waals surface area contributed by atoms with Crippen molar-refractivity contribution in [2.24, 2.45) is 10.8 Å². The fourth-order valence-electron chi connectivity index (χ4n) is 1.99. The minimum Gasteiger partial charge on any atom is -0.369 e. The van der Waals surface area contributed by atoms with Gasteiger partial charge < -0.3 is 5.73 Å². The van der Waals surface area contributed by atoms with E-state index in [1.165, 1.54) is 0 Å². The summed E-state index contributed by atoms with van der Waals surface area (Å²) in [5, 5.41) is 14.1. The van der Waals surface area contributed by atoms with Crippen molar-refractivity contribution in [1.29, 1.82) is 5.41 Å². The zero-order valence-electron chi connectivity index (χ0n) is 9.65. The van der Waals surface area contributed by atoms with Crippen LogP contribution < -0.4 is 5.73 Å².